The van der Waals surface area contributed by atoms with Gasteiger partial charge in [-0.15, -0.1) is 0 Å². The van der Waals surface area contributed by atoms with Crippen LogP contribution in [0.2, 0.25) is 0 Å². The molecule has 20 heavy (non-hydrogen) atoms. The van der Waals surface area contributed by atoms with Crippen molar-refractivity contribution in [3.63, 3.8) is 0 Å². The van der Waals surface area contributed by atoms with Gasteiger partial charge in [0.05, 0.1) is 20.0 Å². The van der Waals surface area contributed by atoms with E-state index in [1.807, 2.05) is 0 Å². The lowest BCUT2D eigenvalue weighted by atomic mass is 10.1. The summed E-state index contributed by atoms with van der Waals surface area (Å²) in [4.78, 5) is 33.3. The van der Waals surface area contributed by atoms with E-state index in [0.717, 1.165) is 5.56 Å². The molecule has 0 bridgehead atoms. The maximum absolute atomic E-state index is 11.6. The first-order valence-corrected chi connectivity index (χ1v) is 6.21. The van der Waals surface area contributed by atoms with Gasteiger partial charge < -0.3 is 15.4 Å². The van der Waals surface area contributed by atoms with E-state index in [0.29, 0.717) is 5.69 Å². The maximum Gasteiger partial charge on any atom is 0.307 e. The van der Waals surface area contributed by atoms with E-state index < -0.39 is 0 Å². The highest BCUT2D eigenvalue weighted by Crippen LogP contribution is 2.09. The molecule has 0 atom stereocenters. The number of amides is 2. The molecule has 6 heteroatoms. The number of hydrogen-bond acceptors (Lipinski definition) is 4. The topological polar surface area (TPSA) is 84.5 Å². The van der Waals surface area contributed by atoms with Gasteiger partial charge in [-0.3, -0.25) is 14.4 Å². The van der Waals surface area contributed by atoms with Gasteiger partial charge in [0, 0.05) is 19.2 Å². The molecule has 0 radical (unpaired) electrons. The minimum absolute atomic E-state index is 0.140. The first-order valence-electron chi connectivity index (χ1n) is 6.21. The minimum atomic E-state index is -0.357. The van der Waals surface area contributed by atoms with Crippen molar-refractivity contribution < 1.29 is 19.1 Å². The Hall–Kier alpha value is -2.37. The summed E-state index contributed by atoms with van der Waals surface area (Å²) >= 11 is 0. The van der Waals surface area contributed by atoms with Gasteiger partial charge in [-0.1, -0.05) is 12.1 Å². The summed E-state index contributed by atoms with van der Waals surface area (Å²) in [6, 6.07) is 7.01. The van der Waals surface area contributed by atoms with Crippen molar-refractivity contribution in [3.05, 3.63) is 29.8 Å². The van der Waals surface area contributed by atoms with E-state index in [9.17, 15) is 14.4 Å². The Morgan fingerprint density at radius 3 is 2.35 bits per heavy atom. The number of anilines is 1. The number of methoxy groups -OCH3 is 1. The Kier molecular flexibility index (Phi) is 6.22. The zero-order valence-corrected chi connectivity index (χ0v) is 11.6. The number of carbonyl (C=O) groups is 3. The van der Waals surface area contributed by atoms with Gasteiger partial charge in [-0.25, -0.2) is 0 Å². The van der Waals surface area contributed by atoms with Crippen LogP contribution in [0.4, 0.5) is 5.69 Å². The third-order valence-corrected chi connectivity index (χ3v) is 2.52. The van der Waals surface area contributed by atoms with Gasteiger partial charge in [0.15, 0.2) is 0 Å². The molecule has 0 aromatic heterocycles. The van der Waals surface area contributed by atoms with E-state index in [1.165, 1.54) is 14.0 Å². The second-order valence-corrected chi connectivity index (χ2v) is 4.23. The molecule has 0 saturated carbocycles. The molecule has 0 spiro atoms. The fourth-order valence-electron chi connectivity index (χ4n) is 1.56. The average molecular weight is 278 g/mol. The Morgan fingerprint density at radius 2 is 1.80 bits per heavy atom. The molecule has 0 fully saturated rings. The first kappa shape index (κ1) is 15.7. The lowest BCUT2D eigenvalue weighted by Gasteiger charge is -2.06. The molecular formula is C14H18N2O4. The molecular weight excluding hydrogens is 260 g/mol. The summed E-state index contributed by atoms with van der Waals surface area (Å²) in [6.45, 7) is 1.69. The van der Waals surface area contributed by atoms with E-state index >= 15 is 0 Å². The first-order chi connectivity index (χ1) is 9.51. The van der Waals surface area contributed by atoms with Gasteiger partial charge in [0.1, 0.15) is 0 Å². The average Bonchev–Trinajstić information content (AvgIpc) is 2.40. The summed E-state index contributed by atoms with van der Waals surface area (Å²) in [5, 5.41) is 5.28. The highest BCUT2D eigenvalue weighted by molar-refractivity contribution is 5.88. The van der Waals surface area contributed by atoms with Crippen molar-refractivity contribution in [2.24, 2.45) is 0 Å². The summed E-state index contributed by atoms with van der Waals surface area (Å²) in [5.74, 6) is -0.663. The molecule has 108 valence electrons. The van der Waals surface area contributed by atoms with Crippen molar-refractivity contribution in [1.29, 1.82) is 0 Å². The molecule has 0 aliphatic carbocycles. The molecule has 0 unspecified atom stereocenters. The molecule has 0 aliphatic rings. The maximum atomic E-state index is 11.6. The lowest BCUT2D eigenvalue weighted by molar-refractivity contribution is -0.140. The van der Waals surface area contributed by atoms with Crippen LogP contribution in [-0.4, -0.2) is 31.4 Å². The van der Waals surface area contributed by atoms with Crippen LogP contribution in [0.5, 0.6) is 0 Å². The van der Waals surface area contributed by atoms with Crippen LogP contribution < -0.4 is 10.6 Å². The monoisotopic (exact) mass is 278 g/mol. The normalized spacial score (nSPS) is 9.70. The van der Waals surface area contributed by atoms with Gasteiger partial charge in [-0.05, 0) is 17.7 Å². The molecule has 0 saturated heterocycles. The van der Waals surface area contributed by atoms with Crippen molar-refractivity contribution in [3.8, 4) is 0 Å². The Labute approximate surface area is 117 Å². The van der Waals surface area contributed by atoms with E-state index in [-0.39, 0.29) is 37.2 Å². The second kappa shape index (κ2) is 7.93. The van der Waals surface area contributed by atoms with Crippen LogP contribution in [0.3, 0.4) is 0 Å². The van der Waals surface area contributed by atoms with Gasteiger partial charge in [-0.2, -0.15) is 0 Å². The predicted molar refractivity (Wildman–Crippen MR) is 74.1 cm³/mol. The number of hydrogen-bond donors (Lipinski definition) is 2. The Bertz CT molecular complexity index is 482. The van der Waals surface area contributed by atoms with Crippen LogP contribution in [0.1, 0.15) is 18.9 Å². The Morgan fingerprint density at radius 1 is 1.15 bits per heavy atom. The number of carbonyl (C=O) groups excluding carboxylic acids is 3. The van der Waals surface area contributed by atoms with E-state index in [1.54, 1.807) is 24.3 Å². The molecule has 0 heterocycles. The molecule has 1 rings (SSSR count). The second-order valence-electron chi connectivity index (χ2n) is 4.23. The standard InChI is InChI=1S/C14H18N2O4/c1-10(17)16-12-5-3-11(4-6-12)9-13(18)15-8-7-14(19)20-2/h3-6H,7-9H2,1-2H3,(H,15,18)(H,16,17). The van der Waals surface area contributed by atoms with Crippen LogP contribution in [-0.2, 0) is 25.5 Å². The van der Waals surface area contributed by atoms with Crippen molar-refractivity contribution >= 4 is 23.5 Å². The summed E-state index contributed by atoms with van der Waals surface area (Å²) < 4.78 is 4.47. The third kappa shape index (κ3) is 5.99. The number of nitrogens with one attached hydrogen (secondary N) is 2. The molecule has 2 N–H and O–H groups in total. The Balaban J connectivity index is 2.38. The molecule has 0 aliphatic heterocycles. The SMILES string of the molecule is COC(=O)CCNC(=O)Cc1ccc(NC(C)=O)cc1. The summed E-state index contributed by atoms with van der Waals surface area (Å²) in [7, 11) is 1.31. The van der Waals surface area contributed by atoms with Crippen LogP contribution >= 0.6 is 0 Å². The van der Waals surface area contributed by atoms with Crippen LogP contribution in [0, 0.1) is 0 Å². The largest absolute Gasteiger partial charge is 0.469 e. The lowest BCUT2D eigenvalue weighted by Crippen LogP contribution is -2.27. The number of benzene rings is 1. The van der Waals surface area contributed by atoms with E-state index in [2.05, 4.69) is 15.4 Å². The molecule has 2 amide bonds. The zero-order chi connectivity index (χ0) is 15.0. The van der Waals surface area contributed by atoms with E-state index in [4.69, 9.17) is 0 Å². The number of ether oxygens (including phenoxy) is 1. The summed E-state index contributed by atoms with van der Waals surface area (Å²) in [6.07, 6.45) is 0.380. The van der Waals surface area contributed by atoms with Crippen molar-refractivity contribution in [1.82, 2.24) is 5.32 Å². The molecule has 6 nitrogen and oxygen atoms in total. The van der Waals surface area contributed by atoms with Crippen LogP contribution in [0.15, 0.2) is 24.3 Å². The van der Waals surface area contributed by atoms with Crippen molar-refractivity contribution in [2.75, 3.05) is 19.0 Å². The fourth-order valence-corrected chi connectivity index (χ4v) is 1.56. The van der Waals surface area contributed by atoms with Crippen molar-refractivity contribution in [2.45, 2.75) is 19.8 Å². The smallest absolute Gasteiger partial charge is 0.307 e. The molecule has 1 aromatic carbocycles. The third-order valence-electron chi connectivity index (χ3n) is 2.52. The zero-order valence-electron chi connectivity index (χ0n) is 11.6. The summed E-state index contributed by atoms with van der Waals surface area (Å²) in [5.41, 5.74) is 1.52. The van der Waals surface area contributed by atoms with Crippen LogP contribution in [0.25, 0.3) is 0 Å². The predicted octanol–water partition coefficient (Wildman–Crippen LogP) is 0.867. The highest BCUT2D eigenvalue weighted by Gasteiger charge is 2.05. The fraction of sp³-hybridized carbons (Fsp3) is 0.357. The highest BCUT2D eigenvalue weighted by atomic mass is 16.5. The molecule has 1 aromatic rings. The minimum Gasteiger partial charge on any atom is -0.469 e. The number of rotatable bonds is 6. The number of esters is 1. The van der Waals surface area contributed by atoms with Gasteiger partial charge >= 0.3 is 5.97 Å². The quantitative estimate of drug-likeness (QED) is 0.756. The van der Waals surface area contributed by atoms with Gasteiger partial charge in [0.25, 0.3) is 0 Å². The van der Waals surface area contributed by atoms with Gasteiger partial charge in [0.2, 0.25) is 11.8 Å².